The fourth-order valence-corrected chi connectivity index (χ4v) is 3.91. The molecule has 1 aliphatic rings. The second-order valence-corrected chi connectivity index (χ2v) is 8.82. The Morgan fingerprint density at radius 1 is 1.21 bits per heavy atom. The molecule has 0 aromatic heterocycles. The Morgan fingerprint density at radius 2 is 1.93 bits per heavy atom. The number of amides is 1. The summed E-state index contributed by atoms with van der Waals surface area (Å²) in [4.78, 5) is 28.7. The number of carbonyl (C=O) groups excluding carboxylic acids is 1. The van der Waals surface area contributed by atoms with Gasteiger partial charge in [0.2, 0.25) is 5.91 Å². The predicted molar refractivity (Wildman–Crippen MR) is 107 cm³/mol. The topological polar surface area (TPSA) is 110 Å². The second kappa shape index (κ2) is 7.69. The first-order valence-electron chi connectivity index (χ1n) is 8.32. The third-order valence-electron chi connectivity index (χ3n) is 4.30. The van der Waals surface area contributed by atoms with Crippen molar-refractivity contribution in [2.24, 2.45) is 4.99 Å². The van der Waals surface area contributed by atoms with E-state index in [0.717, 1.165) is 4.90 Å². The monoisotopic (exact) mass is 421 g/mol. The molecular formula is C18H16ClN3O5S. The molecule has 0 bridgehead atoms. The van der Waals surface area contributed by atoms with Crippen LogP contribution in [0.3, 0.4) is 0 Å². The number of nitro groups is 1. The number of hydrogen-bond donors (Lipinski definition) is 0. The molecule has 0 saturated carbocycles. The van der Waals surface area contributed by atoms with Gasteiger partial charge in [0.05, 0.1) is 16.3 Å². The molecule has 0 aliphatic carbocycles. The number of sulfone groups is 1. The summed E-state index contributed by atoms with van der Waals surface area (Å²) in [6.07, 6.45) is 0. The lowest BCUT2D eigenvalue weighted by atomic mass is 9.99. The van der Waals surface area contributed by atoms with Gasteiger partial charge in [-0.3, -0.25) is 24.8 Å². The number of fused-ring (bicyclic) bond motifs is 1. The molecule has 28 heavy (non-hydrogen) atoms. The van der Waals surface area contributed by atoms with Gasteiger partial charge in [-0.1, -0.05) is 36.7 Å². The third-order valence-corrected chi connectivity index (χ3v) is 6.17. The highest BCUT2D eigenvalue weighted by Gasteiger charge is 2.30. The van der Waals surface area contributed by atoms with E-state index in [1.807, 2.05) is 0 Å². The molecule has 3 rings (SSSR count). The maximum atomic E-state index is 12.6. The molecule has 1 amide bonds. The summed E-state index contributed by atoms with van der Waals surface area (Å²) >= 11 is 6.27. The molecule has 146 valence electrons. The molecule has 0 saturated heterocycles. The number of halogens is 1. The minimum atomic E-state index is -3.53. The third kappa shape index (κ3) is 3.90. The van der Waals surface area contributed by atoms with E-state index >= 15 is 0 Å². The van der Waals surface area contributed by atoms with Gasteiger partial charge in [-0.15, -0.1) is 0 Å². The summed E-state index contributed by atoms with van der Waals surface area (Å²) < 4.78 is 24.3. The van der Waals surface area contributed by atoms with Gasteiger partial charge in [0, 0.05) is 34.0 Å². The van der Waals surface area contributed by atoms with Gasteiger partial charge in [-0.25, -0.2) is 8.42 Å². The standard InChI is InChI=1S/C18H16ClN3O5S/c1-2-28(26,27)11-21-16-8-7-12(22(24)25)9-14(16)18(20-10-17(21)23)13-5-3-4-6-15(13)19/h3-9H,2,10-11H2,1H3. The Labute approximate surface area is 166 Å². The zero-order chi connectivity index (χ0) is 20.5. The number of carbonyl (C=O) groups is 1. The Bertz CT molecular complexity index is 1100. The molecule has 2 aromatic carbocycles. The number of anilines is 1. The summed E-state index contributed by atoms with van der Waals surface area (Å²) in [7, 11) is -3.53. The normalized spacial score (nSPS) is 14.3. The SMILES string of the molecule is CCS(=O)(=O)CN1C(=O)CN=C(c2ccccc2Cl)c2cc([N+](=O)[O-])ccc21. The smallest absolute Gasteiger partial charge is 0.270 e. The number of nitro benzene ring substituents is 1. The molecular weight excluding hydrogens is 406 g/mol. The van der Waals surface area contributed by atoms with Crippen molar-refractivity contribution in [1.82, 2.24) is 0 Å². The van der Waals surface area contributed by atoms with E-state index in [0.29, 0.717) is 16.3 Å². The maximum absolute atomic E-state index is 12.6. The van der Waals surface area contributed by atoms with Crippen molar-refractivity contribution in [3.8, 4) is 0 Å². The molecule has 0 atom stereocenters. The van der Waals surface area contributed by atoms with Gasteiger partial charge in [0.15, 0.2) is 9.84 Å². The van der Waals surface area contributed by atoms with Crippen molar-refractivity contribution in [3.05, 3.63) is 68.7 Å². The minimum Gasteiger partial charge on any atom is -0.295 e. The van der Waals surface area contributed by atoms with E-state index in [4.69, 9.17) is 11.6 Å². The van der Waals surface area contributed by atoms with E-state index in [1.54, 1.807) is 24.3 Å². The van der Waals surface area contributed by atoms with Crippen LogP contribution in [0, 0.1) is 10.1 Å². The van der Waals surface area contributed by atoms with Crippen LogP contribution in [-0.2, 0) is 14.6 Å². The van der Waals surface area contributed by atoms with E-state index in [-0.39, 0.29) is 29.2 Å². The number of aliphatic imine (C=N–C) groups is 1. The van der Waals surface area contributed by atoms with E-state index in [1.165, 1.54) is 25.1 Å². The summed E-state index contributed by atoms with van der Waals surface area (Å²) in [6, 6.07) is 10.7. The zero-order valence-corrected chi connectivity index (χ0v) is 16.4. The summed E-state index contributed by atoms with van der Waals surface area (Å²) in [6.45, 7) is 1.18. The number of benzodiazepines with no additional fused rings is 1. The molecule has 0 fully saturated rings. The van der Waals surface area contributed by atoms with Gasteiger partial charge in [0.25, 0.3) is 5.69 Å². The maximum Gasteiger partial charge on any atom is 0.270 e. The number of non-ortho nitro benzene ring substituents is 1. The number of nitrogens with zero attached hydrogens (tertiary/aromatic N) is 3. The molecule has 0 spiro atoms. The highest BCUT2D eigenvalue weighted by molar-refractivity contribution is 7.91. The number of hydrogen-bond acceptors (Lipinski definition) is 6. The molecule has 2 aromatic rings. The molecule has 8 nitrogen and oxygen atoms in total. The van der Waals surface area contributed by atoms with Crippen LogP contribution in [0.4, 0.5) is 11.4 Å². The van der Waals surface area contributed by atoms with Gasteiger partial charge < -0.3 is 0 Å². The quantitative estimate of drug-likeness (QED) is 0.544. The predicted octanol–water partition coefficient (Wildman–Crippen LogP) is 2.82. The fraction of sp³-hybridized carbons (Fsp3) is 0.222. The van der Waals surface area contributed by atoms with Crippen molar-refractivity contribution in [1.29, 1.82) is 0 Å². The zero-order valence-electron chi connectivity index (χ0n) is 14.8. The van der Waals surface area contributed by atoms with Crippen LogP contribution in [-0.4, -0.2) is 43.1 Å². The van der Waals surface area contributed by atoms with Crippen LogP contribution < -0.4 is 4.90 Å². The van der Waals surface area contributed by atoms with Crippen LogP contribution >= 0.6 is 11.6 Å². The van der Waals surface area contributed by atoms with Gasteiger partial charge in [0.1, 0.15) is 12.4 Å². The van der Waals surface area contributed by atoms with Gasteiger partial charge in [-0.05, 0) is 12.1 Å². The summed E-state index contributed by atoms with van der Waals surface area (Å²) in [5, 5.41) is 11.6. The minimum absolute atomic E-state index is 0.142. The van der Waals surface area contributed by atoms with Crippen molar-refractivity contribution in [2.75, 3.05) is 23.1 Å². The van der Waals surface area contributed by atoms with E-state index in [9.17, 15) is 23.3 Å². The fourth-order valence-electron chi connectivity index (χ4n) is 2.83. The lowest BCUT2D eigenvalue weighted by Gasteiger charge is -2.22. The van der Waals surface area contributed by atoms with E-state index < -0.39 is 26.5 Å². The molecule has 0 radical (unpaired) electrons. The highest BCUT2D eigenvalue weighted by atomic mass is 35.5. The summed E-state index contributed by atoms with van der Waals surface area (Å²) in [5.74, 6) is -1.19. The Kier molecular flexibility index (Phi) is 5.48. The first kappa shape index (κ1) is 20.0. The number of benzene rings is 2. The van der Waals surface area contributed by atoms with Crippen molar-refractivity contribution >= 4 is 44.4 Å². The first-order chi connectivity index (χ1) is 13.2. The average molecular weight is 422 g/mol. The lowest BCUT2D eigenvalue weighted by molar-refractivity contribution is -0.384. The number of rotatable bonds is 5. The molecule has 0 unspecified atom stereocenters. The van der Waals surface area contributed by atoms with Gasteiger partial charge in [-0.2, -0.15) is 0 Å². The van der Waals surface area contributed by atoms with Crippen molar-refractivity contribution in [3.63, 3.8) is 0 Å². The second-order valence-electron chi connectivity index (χ2n) is 6.09. The van der Waals surface area contributed by atoms with Crippen LogP contribution in [0.5, 0.6) is 0 Å². The van der Waals surface area contributed by atoms with Crippen LogP contribution in [0.1, 0.15) is 18.1 Å². The lowest BCUT2D eigenvalue weighted by Crippen LogP contribution is -2.37. The largest absolute Gasteiger partial charge is 0.295 e. The molecule has 1 heterocycles. The van der Waals surface area contributed by atoms with Crippen molar-refractivity contribution < 1.29 is 18.1 Å². The molecule has 1 aliphatic heterocycles. The Hall–Kier alpha value is -2.78. The Morgan fingerprint density at radius 3 is 2.57 bits per heavy atom. The van der Waals surface area contributed by atoms with Gasteiger partial charge >= 0.3 is 0 Å². The molecule has 0 N–H and O–H groups in total. The Balaban J connectivity index is 2.25. The van der Waals surface area contributed by atoms with Crippen LogP contribution in [0.15, 0.2) is 47.5 Å². The highest BCUT2D eigenvalue weighted by Crippen LogP contribution is 2.32. The summed E-state index contributed by atoms with van der Waals surface area (Å²) in [5.41, 5.74) is 1.11. The molecule has 10 heteroatoms. The average Bonchev–Trinajstić information content (AvgIpc) is 2.79. The first-order valence-corrected chi connectivity index (χ1v) is 10.5. The van der Waals surface area contributed by atoms with Crippen molar-refractivity contribution in [2.45, 2.75) is 6.92 Å². The van der Waals surface area contributed by atoms with Crippen LogP contribution in [0.2, 0.25) is 5.02 Å². The van der Waals surface area contributed by atoms with E-state index in [2.05, 4.69) is 4.99 Å². The van der Waals surface area contributed by atoms with Crippen LogP contribution in [0.25, 0.3) is 0 Å².